The van der Waals surface area contributed by atoms with E-state index in [1.165, 1.54) is 6.07 Å². The van der Waals surface area contributed by atoms with Gasteiger partial charge in [0, 0.05) is 38.2 Å². The summed E-state index contributed by atoms with van der Waals surface area (Å²) in [7, 11) is 0. The summed E-state index contributed by atoms with van der Waals surface area (Å²) in [5.41, 5.74) is 0.491. The van der Waals surface area contributed by atoms with Crippen LogP contribution in [0.25, 0.3) is 0 Å². The molecule has 2 rings (SSSR count). The molecule has 0 radical (unpaired) electrons. The molecule has 0 unspecified atom stereocenters. The predicted octanol–water partition coefficient (Wildman–Crippen LogP) is 2.26. The number of nitrogens with zero attached hydrogens (tertiary/aromatic N) is 2. The van der Waals surface area contributed by atoms with Crippen molar-refractivity contribution in [3.63, 3.8) is 0 Å². The molecule has 0 saturated carbocycles. The molecule has 0 bridgehead atoms. The van der Waals surface area contributed by atoms with E-state index in [4.69, 9.17) is 0 Å². The summed E-state index contributed by atoms with van der Waals surface area (Å²) in [6, 6.07) is 6.41. The Morgan fingerprint density at radius 3 is 2.59 bits per heavy atom. The second kappa shape index (κ2) is 7.82. The molecule has 120 valence electrons. The number of hydrogen-bond donors (Lipinski definition) is 1. The third-order valence-electron chi connectivity index (χ3n) is 3.97. The largest absolute Gasteiger partial charge is 0.508 e. The van der Waals surface area contributed by atoms with Gasteiger partial charge in [-0.25, -0.2) is 0 Å². The molecule has 1 aromatic carbocycles. The van der Waals surface area contributed by atoms with Crippen molar-refractivity contribution < 1.29 is 14.7 Å². The van der Waals surface area contributed by atoms with Crippen molar-refractivity contribution in [2.24, 2.45) is 0 Å². The summed E-state index contributed by atoms with van der Waals surface area (Å²) >= 11 is 0. The first-order valence-corrected chi connectivity index (χ1v) is 7.98. The van der Waals surface area contributed by atoms with Crippen molar-refractivity contribution in [1.82, 2.24) is 9.80 Å². The molecule has 1 N–H and O–H groups in total. The number of carbonyl (C=O) groups excluding carboxylic acids is 2. The Hall–Kier alpha value is -2.04. The summed E-state index contributed by atoms with van der Waals surface area (Å²) in [6.45, 7) is 4.57. The molecular formula is C17H24N2O3. The van der Waals surface area contributed by atoms with Gasteiger partial charge >= 0.3 is 0 Å². The zero-order valence-corrected chi connectivity index (χ0v) is 13.1. The Morgan fingerprint density at radius 2 is 1.86 bits per heavy atom. The van der Waals surface area contributed by atoms with E-state index in [0.717, 1.165) is 19.3 Å². The van der Waals surface area contributed by atoms with Crippen LogP contribution in [0.3, 0.4) is 0 Å². The highest BCUT2D eigenvalue weighted by molar-refractivity contribution is 5.94. The van der Waals surface area contributed by atoms with E-state index in [1.54, 1.807) is 23.1 Å². The maximum atomic E-state index is 12.5. The van der Waals surface area contributed by atoms with E-state index < -0.39 is 0 Å². The highest BCUT2D eigenvalue weighted by Gasteiger charge is 2.22. The van der Waals surface area contributed by atoms with E-state index in [9.17, 15) is 14.7 Å². The Bertz CT molecular complexity index is 530. The Morgan fingerprint density at radius 1 is 1.14 bits per heavy atom. The van der Waals surface area contributed by atoms with Gasteiger partial charge in [0.05, 0.1) is 0 Å². The number of phenols is 1. The quantitative estimate of drug-likeness (QED) is 0.928. The van der Waals surface area contributed by atoms with Gasteiger partial charge in [0.2, 0.25) is 5.91 Å². The monoisotopic (exact) mass is 304 g/mol. The number of benzene rings is 1. The second-order valence-corrected chi connectivity index (χ2v) is 5.68. The molecule has 1 fully saturated rings. The van der Waals surface area contributed by atoms with E-state index >= 15 is 0 Å². The molecule has 0 spiro atoms. The molecule has 5 nitrogen and oxygen atoms in total. The predicted molar refractivity (Wildman–Crippen MR) is 84.7 cm³/mol. The van der Waals surface area contributed by atoms with Gasteiger partial charge < -0.3 is 14.9 Å². The minimum absolute atomic E-state index is 0.0845. The summed E-state index contributed by atoms with van der Waals surface area (Å²) in [5.74, 6) is 0.198. The van der Waals surface area contributed by atoms with Crippen LogP contribution >= 0.6 is 0 Å². The summed E-state index contributed by atoms with van der Waals surface area (Å²) in [5, 5.41) is 9.49. The number of phenolic OH excluding ortho intramolecular Hbond substituents is 1. The summed E-state index contributed by atoms with van der Waals surface area (Å²) in [6.07, 6.45) is 3.32. The van der Waals surface area contributed by atoms with Gasteiger partial charge in [0.25, 0.3) is 5.91 Å². The lowest BCUT2D eigenvalue weighted by Crippen LogP contribution is -2.37. The molecule has 5 heteroatoms. The van der Waals surface area contributed by atoms with Crippen molar-refractivity contribution in [2.75, 3.05) is 26.2 Å². The van der Waals surface area contributed by atoms with Crippen LogP contribution in [0.15, 0.2) is 24.3 Å². The van der Waals surface area contributed by atoms with Crippen LogP contribution in [-0.4, -0.2) is 52.9 Å². The number of aromatic hydroxyl groups is 1. The number of carbonyl (C=O) groups is 2. The smallest absolute Gasteiger partial charge is 0.254 e. The van der Waals surface area contributed by atoms with Crippen molar-refractivity contribution in [1.29, 1.82) is 0 Å². The van der Waals surface area contributed by atoms with Gasteiger partial charge in [-0.1, -0.05) is 19.4 Å². The minimum Gasteiger partial charge on any atom is -0.508 e. The molecule has 1 aromatic rings. The van der Waals surface area contributed by atoms with Gasteiger partial charge in [0.1, 0.15) is 5.75 Å². The standard InChI is InChI=1S/C17H24N2O3/c1-2-3-8-16(21)18-9-5-10-19(12-11-18)17(22)14-6-4-7-15(20)13-14/h4,6-7,13,20H,2-3,5,8-12H2,1H3. The Kier molecular flexibility index (Phi) is 5.81. The zero-order valence-electron chi connectivity index (χ0n) is 13.1. The Labute approximate surface area is 131 Å². The molecule has 0 aliphatic carbocycles. The van der Waals surface area contributed by atoms with Crippen LogP contribution < -0.4 is 0 Å². The SMILES string of the molecule is CCCCC(=O)N1CCCN(C(=O)c2cccc(O)c2)CC1. The molecule has 0 aromatic heterocycles. The molecule has 1 aliphatic heterocycles. The van der Waals surface area contributed by atoms with Crippen LogP contribution in [0.5, 0.6) is 5.75 Å². The highest BCUT2D eigenvalue weighted by Crippen LogP contribution is 2.15. The fourth-order valence-corrected chi connectivity index (χ4v) is 2.68. The maximum Gasteiger partial charge on any atom is 0.254 e. The third kappa shape index (κ3) is 4.23. The lowest BCUT2D eigenvalue weighted by molar-refractivity contribution is -0.131. The summed E-state index contributed by atoms with van der Waals surface area (Å²) in [4.78, 5) is 28.2. The van der Waals surface area contributed by atoms with E-state index in [-0.39, 0.29) is 17.6 Å². The average molecular weight is 304 g/mol. The lowest BCUT2D eigenvalue weighted by atomic mass is 10.2. The van der Waals surface area contributed by atoms with Crippen molar-refractivity contribution >= 4 is 11.8 Å². The van der Waals surface area contributed by atoms with Crippen LogP contribution in [0.1, 0.15) is 43.0 Å². The van der Waals surface area contributed by atoms with Gasteiger partial charge in [-0.15, -0.1) is 0 Å². The number of amides is 2. The highest BCUT2D eigenvalue weighted by atomic mass is 16.3. The first kappa shape index (κ1) is 16.3. The van der Waals surface area contributed by atoms with Gasteiger partial charge in [-0.05, 0) is 31.0 Å². The van der Waals surface area contributed by atoms with Crippen molar-refractivity contribution in [3.8, 4) is 5.75 Å². The average Bonchev–Trinajstić information content (AvgIpc) is 2.78. The molecule has 1 aliphatic rings. The minimum atomic E-state index is -0.0845. The lowest BCUT2D eigenvalue weighted by Gasteiger charge is -2.22. The number of rotatable bonds is 4. The van der Waals surface area contributed by atoms with Crippen LogP contribution in [-0.2, 0) is 4.79 Å². The maximum absolute atomic E-state index is 12.5. The van der Waals surface area contributed by atoms with Crippen molar-refractivity contribution in [3.05, 3.63) is 29.8 Å². The first-order valence-electron chi connectivity index (χ1n) is 7.98. The van der Waals surface area contributed by atoms with Gasteiger partial charge in [-0.2, -0.15) is 0 Å². The first-order chi connectivity index (χ1) is 10.6. The van der Waals surface area contributed by atoms with Gasteiger partial charge in [-0.3, -0.25) is 9.59 Å². The van der Waals surface area contributed by atoms with Crippen molar-refractivity contribution in [2.45, 2.75) is 32.6 Å². The molecule has 1 heterocycles. The topological polar surface area (TPSA) is 60.9 Å². The molecule has 1 saturated heterocycles. The summed E-state index contributed by atoms with van der Waals surface area (Å²) < 4.78 is 0. The van der Waals surface area contributed by atoms with E-state index in [1.807, 2.05) is 4.90 Å². The molecular weight excluding hydrogens is 280 g/mol. The fraction of sp³-hybridized carbons (Fsp3) is 0.529. The van der Waals surface area contributed by atoms with Crippen LogP contribution in [0.2, 0.25) is 0 Å². The van der Waals surface area contributed by atoms with E-state index in [0.29, 0.717) is 38.2 Å². The molecule has 22 heavy (non-hydrogen) atoms. The normalized spacial score (nSPS) is 15.5. The fourth-order valence-electron chi connectivity index (χ4n) is 2.68. The van der Waals surface area contributed by atoms with Gasteiger partial charge in [0.15, 0.2) is 0 Å². The van der Waals surface area contributed by atoms with Crippen LogP contribution in [0, 0.1) is 0 Å². The molecule has 2 amide bonds. The Balaban J connectivity index is 1.95. The third-order valence-corrected chi connectivity index (χ3v) is 3.97. The second-order valence-electron chi connectivity index (χ2n) is 5.68. The van der Waals surface area contributed by atoms with E-state index in [2.05, 4.69) is 6.92 Å². The number of hydrogen-bond acceptors (Lipinski definition) is 3. The van der Waals surface area contributed by atoms with Crippen LogP contribution in [0.4, 0.5) is 0 Å². The molecule has 0 atom stereocenters. The number of unbranched alkanes of at least 4 members (excludes halogenated alkanes) is 1. The zero-order chi connectivity index (χ0) is 15.9.